The molecule has 0 aromatic heterocycles. The van der Waals surface area contributed by atoms with Gasteiger partial charge in [0, 0.05) is 10.6 Å². The zero-order valence-electron chi connectivity index (χ0n) is 8.90. The van der Waals surface area contributed by atoms with Gasteiger partial charge in [0.25, 0.3) is 0 Å². The first kappa shape index (κ1) is 11.6. The summed E-state index contributed by atoms with van der Waals surface area (Å²) >= 11 is 5.96. The van der Waals surface area contributed by atoms with E-state index >= 15 is 0 Å². The van der Waals surface area contributed by atoms with E-state index in [-0.39, 0.29) is 5.82 Å². The van der Waals surface area contributed by atoms with Crippen molar-refractivity contribution in [3.8, 4) is 0 Å². The van der Waals surface area contributed by atoms with Crippen LogP contribution in [-0.2, 0) is 0 Å². The molecule has 0 radical (unpaired) electrons. The Kier molecular flexibility index (Phi) is 3.73. The quantitative estimate of drug-likeness (QED) is 0.646. The second-order valence-electron chi connectivity index (χ2n) is 3.40. The first-order valence-corrected chi connectivity index (χ1v) is 5.43. The summed E-state index contributed by atoms with van der Waals surface area (Å²) in [5.74, 6) is -0.273. The van der Waals surface area contributed by atoms with Crippen LogP contribution in [0, 0.1) is 5.82 Å². The lowest BCUT2D eigenvalue weighted by Gasteiger charge is -2.00. The highest BCUT2D eigenvalue weighted by molar-refractivity contribution is 6.33. The first-order chi connectivity index (χ1) is 8.25. The van der Waals surface area contributed by atoms with Crippen molar-refractivity contribution in [2.24, 2.45) is 5.10 Å². The fourth-order valence-corrected chi connectivity index (χ4v) is 1.47. The molecule has 0 atom stereocenters. The smallest absolute Gasteiger partial charge is 0.123 e. The van der Waals surface area contributed by atoms with Crippen molar-refractivity contribution < 1.29 is 4.39 Å². The lowest BCUT2D eigenvalue weighted by atomic mass is 10.2. The molecule has 86 valence electrons. The molecule has 2 nitrogen and oxygen atoms in total. The largest absolute Gasteiger partial charge is 0.279 e. The Morgan fingerprint density at radius 2 is 1.76 bits per heavy atom. The van der Waals surface area contributed by atoms with E-state index in [0.29, 0.717) is 5.02 Å². The molecule has 0 amide bonds. The van der Waals surface area contributed by atoms with Crippen LogP contribution in [0.3, 0.4) is 0 Å². The number of nitrogens with zero attached hydrogens (tertiary/aromatic N) is 1. The van der Waals surface area contributed by atoms with Crippen LogP contribution < -0.4 is 5.43 Å². The van der Waals surface area contributed by atoms with Gasteiger partial charge < -0.3 is 0 Å². The van der Waals surface area contributed by atoms with Gasteiger partial charge >= 0.3 is 0 Å². The van der Waals surface area contributed by atoms with Gasteiger partial charge in [0.15, 0.2) is 0 Å². The third-order valence-electron chi connectivity index (χ3n) is 2.15. The van der Waals surface area contributed by atoms with Crippen LogP contribution in [0.2, 0.25) is 5.02 Å². The van der Waals surface area contributed by atoms with E-state index in [4.69, 9.17) is 11.6 Å². The minimum absolute atomic E-state index is 0.273. The van der Waals surface area contributed by atoms with Crippen LogP contribution in [0.5, 0.6) is 0 Å². The highest BCUT2D eigenvalue weighted by Crippen LogP contribution is 2.13. The molecule has 0 aliphatic rings. The van der Waals surface area contributed by atoms with Gasteiger partial charge in [-0.05, 0) is 30.3 Å². The van der Waals surface area contributed by atoms with Gasteiger partial charge in [-0.15, -0.1) is 0 Å². The molecule has 2 rings (SSSR count). The lowest BCUT2D eigenvalue weighted by Crippen LogP contribution is -1.91. The van der Waals surface area contributed by atoms with Crippen molar-refractivity contribution in [3.05, 3.63) is 64.9 Å². The SMILES string of the molecule is Fc1ccc(NN=Cc2ccccc2Cl)cc1. The predicted molar refractivity (Wildman–Crippen MR) is 69.1 cm³/mol. The molecule has 0 saturated heterocycles. The summed E-state index contributed by atoms with van der Waals surface area (Å²) in [6.07, 6.45) is 1.62. The average Bonchev–Trinajstić information content (AvgIpc) is 2.34. The molecule has 0 spiro atoms. The standard InChI is InChI=1S/C13H10ClFN2/c14-13-4-2-1-3-10(13)9-16-17-12-7-5-11(15)6-8-12/h1-9,17H. The van der Waals surface area contributed by atoms with Crippen LogP contribution >= 0.6 is 11.6 Å². The van der Waals surface area contributed by atoms with Crippen LogP contribution in [0.4, 0.5) is 10.1 Å². The van der Waals surface area contributed by atoms with Crippen LogP contribution in [-0.4, -0.2) is 6.21 Å². The van der Waals surface area contributed by atoms with Crippen LogP contribution in [0.1, 0.15) is 5.56 Å². The van der Waals surface area contributed by atoms with Crippen molar-refractivity contribution in [1.29, 1.82) is 0 Å². The third-order valence-corrected chi connectivity index (χ3v) is 2.49. The average molecular weight is 249 g/mol. The number of anilines is 1. The monoisotopic (exact) mass is 248 g/mol. The van der Waals surface area contributed by atoms with Gasteiger partial charge in [0.05, 0.1) is 11.9 Å². The van der Waals surface area contributed by atoms with Gasteiger partial charge in [0.1, 0.15) is 5.82 Å². The van der Waals surface area contributed by atoms with E-state index in [1.54, 1.807) is 24.4 Å². The Bertz CT molecular complexity index is 523. The van der Waals surface area contributed by atoms with Crippen molar-refractivity contribution in [1.82, 2.24) is 0 Å². The number of nitrogens with one attached hydrogen (secondary N) is 1. The van der Waals surface area contributed by atoms with Gasteiger partial charge in [-0.1, -0.05) is 29.8 Å². The summed E-state index contributed by atoms with van der Waals surface area (Å²) in [4.78, 5) is 0. The summed E-state index contributed by atoms with van der Waals surface area (Å²) in [7, 11) is 0. The highest BCUT2D eigenvalue weighted by atomic mass is 35.5. The number of hydrogen-bond acceptors (Lipinski definition) is 2. The molecule has 2 aromatic rings. The van der Waals surface area contributed by atoms with Gasteiger partial charge in [-0.25, -0.2) is 4.39 Å². The lowest BCUT2D eigenvalue weighted by molar-refractivity contribution is 0.628. The molecule has 1 N–H and O–H groups in total. The number of hydrogen-bond donors (Lipinski definition) is 1. The Balaban J connectivity index is 2.03. The first-order valence-electron chi connectivity index (χ1n) is 5.05. The summed E-state index contributed by atoms with van der Waals surface area (Å²) < 4.78 is 12.6. The topological polar surface area (TPSA) is 24.4 Å². The molecule has 0 unspecified atom stereocenters. The van der Waals surface area contributed by atoms with Crippen molar-refractivity contribution in [2.75, 3.05) is 5.43 Å². The van der Waals surface area contributed by atoms with Crippen molar-refractivity contribution in [2.45, 2.75) is 0 Å². The second-order valence-corrected chi connectivity index (χ2v) is 3.81. The summed E-state index contributed by atoms with van der Waals surface area (Å²) in [6.45, 7) is 0. The van der Waals surface area contributed by atoms with Crippen molar-refractivity contribution >= 4 is 23.5 Å². The van der Waals surface area contributed by atoms with Crippen LogP contribution in [0.25, 0.3) is 0 Å². The normalized spacial score (nSPS) is 10.7. The molecule has 0 heterocycles. The van der Waals surface area contributed by atoms with Crippen molar-refractivity contribution in [3.63, 3.8) is 0 Å². The van der Waals surface area contributed by atoms with E-state index in [1.165, 1.54) is 12.1 Å². The predicted octanol–water partition coefficient (Wildman–Crippen LogP) is 3.93. The van der Waals surface area contributed by atoms with E-state index in [9.17, 15) is 4.39 Å². The highest BCUT2D eigenvalue weighted by Gasteiger charge is 1.94. The molecule has 4 heteroatoms. The Hall–Kier alpha value is -1.87. The fourth-order valence-electron chi connectivity index (χ4n) is 1.28. The van der Waals surface area contributed by atoms with E-state index in [1.807, 2.05) is 18.2 Å². The molecular formula is C13H10ClFN2. The fraction of sp³-hybridized carbons (Fsp3) is 0. The maximum atomic E-state index is 12.6. The Labute approximate surface area is 104 Å². The van der Waals surface area contributed by atoms with Gasteiger partial charge in [-0.3, -0.25) is 5.43 Å². The zero-order valence-corrected chi connectivity index (χ0v) is 9.66. The molecule has 2 aromatic carbocycles. The maximum absolute atomic E-state index is 12.6. The van der Waals surface area contributed by atoms with Crippen LogP contribution in [0.15, 0.2) is 53.6 Å². The number of benzene rings is 2. The van der Waals surface area contributed by atoms with E-state index in [0.717, 1.165) is 11.3 Å². The summed E-state index contributed by atoms with van der Waals surface area (Å²) in [5.41, 5.74) is 4.33. The van der Waals surface area contributed by atoms with E-state index in [2.05, 4.69) is 10.5 Å². The van der Waals surface area contributed by atoms with Gasteiger partial charge in [0.2, 0.25) is 0 Å². The minimum Gasteiger partial charge on any atom is -0.279 e. The molecular weight excluding hydrogens is 239 g/mol. The number of halogens is 2. The minimum atomic E-state index is -0.273. The molecule has 0 aliphatic carbocycles. The molecule has 0 bridgehead atoms. The third kappa shape index (κ3) is 3.29. The zero-order chi connectivity index (χ0) is 12.1. The van der Waals surface area contributed by atoms with E-state index < -0.39 is 0 Å². The number of hydrazone groups is 1. The number of rotatable bonds is 3. The second kappa shape index (κ2) is 5.46. The Morgan fingerprint density at radius 1 is 1.06 bits per heavy atom. The molecule has 0 saturated carbocycles. The maximum Gasteiger partial charge on any atom is 0.123 e. The Morgan fingerprint density at radius 3 is 2.47 bits per heavy atom. The molecule has 17 heavy (non-hydrogen) atoms. The van der Waals surface area contributed by atoms with Gasteiger partial charge in [-0.2, -0.15) is 5.10 Å². The molecule has 0 fully saturated rings. The summed E-state index contributed by atoms with van der Waals surface area (Å²) in [5, 5.41) is 4.66. The summed E-state index contributed by atoms with van der Waals surface area (Å²) in [6, 6.07) is 13.3. The molecule has 0 aliphatic heterocycles.